The second-order valence-corrected chi connectivity index (χ2v) is 5.86. The second-order valence-electron chi connectivity index (χ2n) is 5.45. The molecule has 0 spiro atoms. The quantitative estimate of drug-likeness (QED) is 0.919. The minimum atomic E-state index is 0.0977. The van der Waals surface area contributed by atoms with E-state index < -0.39 is 0 Å². The molecule has 1 saturated heterocycles. The summed E-state index contributed by atoms with van der Waals surface area (Å²) >= 11 is 6.34. The SMILES string of the molecule is COCCN1CCC(N)C1c1cc(Cl)c2c(c1)OCCO2. The van der Waals surface area contributed by atoms with E-state index in [1.54, 1.807) is 7.11 Å². The lowest BCUT2D eigenvalue weighted by Crippen LogP contribution is -2.33. The fourth-order valence-electron chi connectivity index (χ4n) is 3.10. The minimum Gasteiger partial charge on any atom is -0.486 e. The maximum Gasteiger partial charge on any atom is 0.179 e. The molecular weight excluding hydrogens is 292 g/mol. The average Bonchev–Trinajstić information content (AvgIpc) is 2.86. The third-order valence-corrected chi connectivity index (χ3v) is 4.37. The summed E-state index contributed by atoms with van der Waals surface area (Å²) in [5.41, 5.74) is 7.39. The van der Waals surface area contributed by atoms with Gasteiger partial charge in [0, 0.05) is 26.2 Å². The first-order valence-corrected chi connectivity index (χ1v) is 7.66. The average molecular weight is 313 g/mol. The molecule has 3 rings (SSSR count). The number of hydrogen-bond acceptors (Lipinski definition) is 5. The topological polar surface area (TPSA) is 57.0 Å². The van der Waals surface area contributed by atoms with E-state index in [0.717, 1.165) is 30.8 Å². The zero-order valence-electron chi connectivity index (χ0n) is 12.2. The highest BCUT2D eigenvalue weighted by Crippen LogP contribution is 2.42. The fourth-order valence-corrected chi connectivity index (χ4v) is 3.38. The summed E-state index contributed by atoms with van der Waals surface area (Å²) in [7, 11) is 1.71. The molecule has 1 aromatic rings. The number of nitrogens with zero attached hydrogens (tertiary/aromatic N) is 1. The van der Waals surface area contributed by atoms with Gasteiger partial charge in [-0.3, -0.25) is 4.90 Å². The number of fused-ring (bicyclic) bond motifs is 1. The predicted octanol–water partition coefficient (Wildman–Crippen LogP) is 1.83. The number of hydrogen-bond donors (Lipinski definition) is 1. The molecule has 2 aliphatic heterocycles. The number of rotatable bonds is 4. The van der Waals surface area contributed by atoms with E-state index in [-0.39, 0.29) is 12.1 Å². The summed E-state index contributed by atoms with van der Waals surface area (Å²) in [5.74, 6) is 1.36. The predicted molar refractivity (Wildman–Crippen MR) is 81.2 cm³/mol. The fraction of sp³-hybridized carbons (Fsp3) is 0.600. The van der Waals surface area contributed by atoms with Gasteiger partial charge in [-0.1, -0.05) is 11.6 Å². The Hall–Kier alpha value is -1.01. The Morgan fingerprint density at radius 2 is 2.19 bits per heavy atom. The van der Waals surface area contributed by atoms with Crippen molar-refractivity contribution in [3.05, 3.63) is 22.7 Å². The van der Waals surface area contributed by atoms with Crippen LogP contribution in [0.5, 0.6) is 11.5 Å². The van der Waals surface area contributed by atoms with Crippen LogP contribution in [0.4, 0.5) is 0 Å². The van der Waals surface area contributed by atoms with Gasteiger partial charge in [-0.25, -0.2) is 0 Å². The molecule has 2 atom stereocenters. The van der Waals surface area contributed by atoms with E-state index in [4.69, 9.17) is 31.5 Å². The molecule has 0 aromatic heterocycles. The smallest absolute Gasteiger partial charge is 0.179 e. The molecule has 5 nitrogen and oxygen atoms in total. The molecular formula is C15H21ClN2O3. The molecule has 0 bridgehead atoms. The molecule has 0 saturated carbocycles. The number of halogens is 1. The molecule has 116 valence electrons. The molecule has 0 aliphatic carbocycles. The zero-order chi connectivity index (χ0) is 14.8. The van der Waals surface area contributed by atoms with Crippen LogP contribution >= 0.6 is 11.6 Å². The molecule has 1 fully saturated rings. The highest BCUT2D eigenvalue weighted by molar-refractivity contribution is 6.32. The Bertz CT molecular complexity index is 512. The summed E-state index contributed by atoms with van der Waals surface area (Å²) in [6.45, 7) is 3.62. The summed E-state index contributed by atoms with van der Waals surface area (Å²) in [6, 6.07) is 4.20. The van der Waals surface area contributed by atoms with Gasteiger partial charge in [-0.15, -0.1) is 0 Å². The lowest BCUT2D eigenvalue weighted by molar-refractivity contribution is 0.138. The van der Waals surface area contributed by atoms with Gasteiger partial charge >= 0.3 is 0 Å². The van der Waals surface area contributed by atoms with E-state index in [9.17, 15) is 0 Å². The van der Waals surface area contributed by atoms with Gasteiger partial charge in [0.05, 0.1) is 17.7 Å². The third-order valence-electron chi connectivity index (χ3n) is 4.09. The van der Waals surface area contributed by atoms with Crippen molar-refractivity contribution >= 4 is 11.6 Å². The maximum atomic E-state index is 6.34. The van der Waals surface area contributed by atoms with Gasteiger partial charge in [0.1, 0.15) is 13.2 Å². The Morgan fingerprint density at radius 1 is 1.38 bits per heavy atom. The first-order valence-electron chi connectivity index (χ1n) is 7.28. The summed E-state index contributed by atoms with van der Waals surface area (Å²) < 4.78 is 16.4. The number of methoxy groups -OCH3 is 1. The Labute approximate surface area is 129 Å². The van der Waals surface area contributed by atoms with Crippen LogP contribution in [0.3, 0.4) is 0 Å². The van der Waals surface area contributed by atoms with E-state index in [1.165, 1.54) is 0 Å². The van der Waals surface area contributed by atoms with Gasteiger partial charge in [-0.2, -0.15) is 0 Å². The molecule has 0 radical (unpaired) electrons. The van der Waals surface area contributed by atoms with Crippen LogP contribution in [0.15, 0.2) is 12.1 Å². The van der Waals surface area contributed by atoms with E-state index in [0.29, 0.717) is 30.6 Å². The van der Waals surface area contributed by atoms with Crippen LogP contribution in [-0.4, -0.2) is 51.0 Å². The van der Waals surface area contributed by atoms with Crippen LogP contribution < -0.4 is 15.2 Å². The molecule has 2 aliphatic rings. The Balaban J connectivity index is 1.89. The highest BCUT2D eigenvalue weighted by Gasteiger charge is 2.34. The zero-order valence-corrected chi connectivity index (χ0v) is 12.9. The standard InChI is InChI=1S/C15H21ClN2O3/c1-19-5-4-18-3-2-12(17)14(18)10-8-11(16)15-13(9-10)20-6-7-21-15/h8-9,12,14H,2-7,17H2,1H3. The van der Waals surface area contributed by atoms with Crippen molar-refractivity contribution in [1.82, 2.24) is 4.90 Å². The maximum absolute atomic E-state index is 6.34. The van der Waals surface area contributed by atoms with Crippen molar-refractivity contribution < 1.29 is 14.2 Å². The van der Waals surface area contributed by atoms with Crippen molar-refractivity contribution in [3.8, 4) is 11.5 Å². The van der Waals surface area contributed by atoms with Crippen molar-refractivity contribution in [2.45, 2.75) is 18.5 Å². The van der Waals surface area contributed by atoms with Crippen LogP contribution in [0, 0.1) is 0 Å². The summed E-state index contributed by atoms with van der Waals surface area (Å²) in [5, 5.41) is 0.591. The molecule has 0 amide bonds. The lowest BCUT2D eigenvalue weighted by atomic mass is 10.00. The summed E-state index contributed by atoms with van der Waals surface area (Å²) in [4.78, 5) is 2.34. The highest BCUT2D eigenvalue weighted by atomic mass is 35.5. The third kappa shape index (κ3) is 2.97. The van der Waals surface area contributed by atoms with Crippen LogP contribution in [0.2, 0.25) is 5.02 Å². The van der Waals surface area contributed by atoms with Crippen molar-refractivity contribution in [2.24, 2.45) is 5.73 Å². The van der Waals surface area contributed by atoms with E-state index >= 15 is 0 Å². The Morgan fingerprint density at radius 3 is 3.00 bits per heavy atom. The molecule has 6 heteroatoms. The summed E-state index contributed by atoms with van der Waals surface area (Å²) in [6.07, 6.45) is 0.973. The van der Waals surface area contributed by atoms with Crippen LogP contribution in [-0.2, 0) is 4.74 Å². The molecule has 2 N–H and O–H groups in total. The Kier molecular flexibility index (Phi) is 4.54. The molecule has 21 heavy (non-hydrogen) atoms. The van der Waals surface area contributed by atoms with Gasteiger partial charge in [-0.05, 0) is 24.1 Å². The monoisotopic (exact) mass is 312 g/mol. The van der Waals surface area contributed by atoms with E-state index in [2.05, 4.69) is 4.90 Å². The number of ether oxygens (including phenoxy) is 3. The minimum absolute atomic E-state index is 0.0977. The van der Waals surface area contributed by atoms with Gasteiger partial charge in [0.2, 0.25) is 0 Å². The second kappa shape index (κ2) is 6.40. The first-order chi connectivity index (χ1) is 10.2. The number of benzene rings is 1. The number of likely N-dealkylation sites (tertiary alicyclic amines) is 1. The van der Waals surface area contributed by atoms with Crippen molar-refractivity contribution in [3.63, 3.8) is 0 Å². The molecule has 2 heterocycles. The van der Waals surface area contributed by atoms with Gasteiger partial charge < -0.3 is 19.9 Å². The van der Waals surface area contributed by atoms with Crippen molar-refractivity contribution in [1.29, 1.82) is 0 Å². The van der Waals surface area contributed by atoms with Crippen molar-refractivity contribution in [2.75, 3.05) is 40.0 Å². The first kappa shape index (κ1) is 14.9. The normalized spacial score (nSPS) is 25.3. The molecule has 1 aromatic carbocycles. The van der Waals surface area contributed by atoms with Crippen LogP contribution in [0.25, 0.3) is 0 Å². The van der Waals surface area contributed by atoms with Gasteiger partial charge in [0.25, 0.3) is 0 Å². The van der Waals surface area contributed by atoms with E-state index in [1.807, 2.05) is 12.1 Å². The largest absolute Gasteiger partial charge is 0.486 e. The van der Waals surface area contributed by atoms with Crippen LogP contribution in [0.1, 0.15) is 18.0 Å². The number of nitrogens with two attached hydrogens (primary N) is 1. The lowest BCUT2D eigenvalue weighted by Gasteiger charge is -2.28. The van der Waals surface area contributed by atoms with Gasteiger partial charge in [0.15, 0.2) is 11.5 Å². The molecule has 2 unspecified atom stereocenters.